The van der Waals surface area contributed by atoms with Crippen molar-refractivity contribution in [3.05, 3.63) is 45.0 Å². The van der Waals surface area contributed by atoms with Crippen molar-refractivity contribution < 1.29 is 21.2 Å². The van der Waals surface area contributed by atoms with Gasteiger partial charge >= 0.3 is 130 Å². The number of hydrogen-bond acceptors (Lipinski definition) is 3. The minimum absolute atomic E-state index is 0.195. The molecule has 4 aliphatic heterocycles. The Hall–Kier alpha value is -0.750. The van der Waals surface area contributed by atoms with Crippen LogP contribution in [0.3, 0.4) is 0 Å². The fourth-order valence-corrected chi connectivity index (χ4v) is 5.77. The summed E-state index contributed by atoms with van der Waals surface area (Å²) < 4.78 is 3.11. The van der Waals surface area contributed by atoms with Crippen LogP contribution in [0.5, 0.6) is 0 Å². The Bertz CT molecular complexity index is 624. The Balaban J connectivity index is 1.61. The molecule has 4 heteroatoms. The molecule has 0 bridgehead atoms. The zero-order valence-corrected chi connectivity index (χ0v) is 13.9. The number of piperidine rings is 1. The molecule has 1 aliphatic carbocycles. The van der Waals surface area contributed by atoms with E-state index in [0.29, 0.717) is 21.2 Å². The van der Waals surface area contributed by atoms with E-state index in [4.69, 9.17) is 0 Å². The van der Waals surface area contributed by atoms with E-state index in [9.17, 15) is 0 Å². The van der Waals surface area contributed by atoms with E-state index in [1.807, 2.05) is 0 Å². The average Bonchev–Trinajstić information content (AvgIpc) is 3.31. The second-order valence-electron chi connectivity index (χ2n) is 6.42. The fourth-order valence-electron chi connectivity index (χ4n) is 4.17. The summed E-state index contributed by atoms with van der Waals surface area (Å²) in [5, 5.41) is 2.25. The summed E-state index contributed by atoms with van der Waals surface area (Å²) in [6, 6.07) is 0. The SMILES string of the molecule is C=C1C2=C(C)/C(=C3/C[I-]3)C=CN2N[C@]23CC2CCCN13. The molecule has 4 heterocycles. The van der Waals surface area contributed by atoms with Crippen molar-refractivity contribution in [2.24, 2.45) is 5.92 Å². The van der Waals surface area contributed by atoms with E-state index in [0.717, 1.165) is 12.5 Å². The second kappa shape index (κ2) is 3.71. The van der Waals surface area contributed by atoms with Gasteiger partial charge in [0, 0.05) is 0 Å². The van der Waals surface area contributed by atoms with Crippen LogP contribution in [-0.2, 0) is 0 Å². The van der Waals surface area contributed by atoms with Crippen molar-refractivity contribution >= 4 is 0 Å². The van der Waals surface area contributed by atoms with Crippen molar-refractivity contribution in [3.63, 3.8) is 0 Å². The van der Waals surface area contributed by atoms with Crippen LogP contribution in [0, 0.1) is 5.92 Å². The first-order chi connectivity index (χ1) is 9.71. The summed E-state index contributed by atoms with van der Waals surface area (Å²) in [5.41, 5.74) is 9.47. The van der Waals surface area contributed by atoms with Gasteiger partial charge in [0.2, 0.25) is 0 Å². The number of hydrazine groups is 1. The van der Waals surface area contributed by atoms with E-state index in [1.54, 1.807) is 3.58 Å². The number of alkyl halides is 1. The molecule has 3 nitrogen and oxygen atoms in total. The van der Waals surface area contributed by atoms with Gasteiger partial charge in [-0.2, -0.15) is 0 Å². The number of allylic oxidation sites excluding steroid dienone is 4. The second-order valence-corrected chi connectivity index (χ2v) is 9.25. The van der Waals surface area contributed by atoms with Gasteiger partial charge in [-0.05, 0) is 0 Å². The molecule has 2 atom stereocenters. The third-order valence-electron chi connectivity index (χ3n) is 5.35. The van der Waals surface area contributed by atoms with Gasteiger partial charge in [-0.3, -0.25) is 0 Å². The molecule has 0 aromatic rings. The van der Waals surface area contributed by atoms with Crippen LogP contribution in [0.2, 0.25) is 0 Å². The predicted octanol–water partition coefficient (Wildman–Crippen LogP) is -0.710. The number of rotatable bonds is 0. The zero-order valence-electron chi connectivity index (χ0n) is 11.7. The Morgan fingerprint density at radius 1 is 1.50 bits per heavy atom. The Labute approximate surface area is 130 Å². The van der Waals surface area contributed by atoms with E-state index < -0.39 is 0 Å². The van der Waals surface area contributed by atoms with Gasteiger partial charge in [0.1, 0.15) is 0 Å². The van der Waals surface area contributed by atoms with Gasteiger partial charge in [0.25, 0.3) is 0 Å². The molecule has 1 N–H and O–H groups in total. The van der Waals surface area contributed by atoms with E-state index in [-0.39, 0.29) is 5.66 Å². The first-order valence-electron chi connectivity index (χ1n) is 7.46. The summed E-state index contributed by atoms with van der Waals surface area (Å²) in [7, 11) is 0. The van der Waals surface area contributed by atoms with Crippen LogP contribution in [0.4, 0.5) is 0 Å². The first-order valence-corrected chi connectivity index (χ1v) is 10.1. The van der Waals surface area contributed by atoms with E-state index >= 15 is 0 Å². The molecule has 106 valence electrons. The standard InChI is InChI=1S/C16H19IN3/c1-10-13(14-9-17-14)5-7-20-15(10)11(2)19-6-3-4-12-8-16(12,19)18-20/h5,7,12,18H,2-4,6,8-9H2,1H3/q-1/b14-13-/t12?,16-/m0/s1. The van der Waals surface area contributed by atoms with Crippen LogP contribution in [0.15, 0.2) is 45.0 Å². The molecule has 0 amide bonds. The number of halogens is 1. The molecule has 3 saturated heterocycles. The van der Waals surface area contributed by atoms with Crippen LogP contribution >= 0.6 is 0 Å². The first kappa shape index (κ1) is 11.9. The number of nitrogens with one attached hydrogen (secondary N) is 1. The van der Waals surface area contributed by atoms with Gasteiger partial charge in [-0.1, -0.05) is 0 Å². The zero-order chi connectivity index (χ0) is 13.5. The van der Waals surface area contributed by atoms with Gasteiger partial charge in [-0.25, -0.2) is 0 Å². The molecule has 0 radical (unpaired) electrons. The van der Waals surface area contributed by atoms with Crippen LogP contribution in [-0.4, -0.2) is 26.5 Å². The summed E-state index contributed by atoms with van der Waals surface area (Å²) in [5.74, 6) is 0.817. The average molecular weight is 380 g/mol. The third kappa shape index (κ3) is 1.39. The minimum atomic E-state index is 0.195. The van der Waals surface area contributed by atoms with E-state index in [2.05, 4.69) is 41.1 Å². The van der Waals surface area contributed by atoms with Crippen molar-refractivity contribution in [3.8, 4) is 0 Å². The monoisotopic (exact) mass is 380 g/mol. The molecule has 5 aliphatic rings. The molecular formula is C16H19IN3-. The maximum absolute atomic E-state index is 4.46. The molecule has 5 rings (SSSR count). The topological polar surface area (TPSA) is 18.5 Å². The Morgan fingerprint density at radius 3 is 3.15 bits per heavy atom. The molecule has 1 spiro atoms. The van der Waals surface area contributed by atoms with Crippen LogP contribution in [0.1, 0.15) is 26.2 Å². The molecular weight excluding hydrogens is 361 g/mol. The van der Waals surface area contributed by atoms with Gasteiger partial charge in [-0.15, -0.1) is 0 Å². The van der Waals surface area contributed by atoms with Crippen molar-refractivity contribution in [1.29, 1.82) is 0 Å². The summed E-state index contributed by atoms with van der Waals surface area (Å²) in [6.45, 7) is 7.89. The predicted molar refractivity (Wildman–Crippen MR) is 74.6 cm³/mol. The summed E-state index contributed by atoms with van der Waals surface area (Å²) in [4.78, 5) is 2.56. The normalized spacial score (nSPS) is 41.9. The maximum atomic E-state index is 4.46. The Morgan fingerprint density at radius 2 is 2.35 bits per heavy atom. The number of hydrogen-bond donors (Lipinski definition) is 1. The van der Waals surface area contributed by atoms with E-state index in [1.165, 1.54) is 46.2 Å². The van der Waals surface area contributed by atoms with Crippen molar-refractivity contribution in [2.75, 3.05) is 11.0 Å². The summed E-state index contributed by atoms with van der Waals surface area (Å²) in [6.07, 6.45) is 8.50. The molecule has 20 heavy (non-hydrogen) atoms. The molecule has 1 unspecified atom stereocenters. The van der Waals surface area contributed by atoms with Crippen molar-refractivity contribution in [1.82, 2.24) is 15.3 Å². The molecule has 1 saturated carbocycles. The fraction of sp³-hybridized carbons (Fsp3) is 0.500. The molecule has 4 fully saturated rings. The summed E-state index contributed by atoms with van der Waals surface area (Å²) >= 11 is 0.375. The van der Waals surface area contributed by atoms with Gasteiger partial charge in [0.15, 0.2) is 0 Å². The quantitative estimate of drug-likeness (QED) is 0.443. The van der Waals surface area contributed by atoms with Crippen molar-refractivity contribution in [2.45, 2.75) is 31.8 Å². The number of nitrogens with zero attached hydrogens (tertiary/aromatic N) is 2. The molecule has 0 aromatic carbocycles. The van der Waals surface area contributed by atoms with Crippen LogP contribution in [0.25, 0.3) is 0 Å². The van der Waals surface area contributed by atoms with Crippen LogP contribution < -0.4 is 26.6 Å². The van der Waals surface area contributed by atoms with Gasteiger partial charge in [0.05, 0.1) is 0 Å². The van der Waals surface area contributed by atoms with Gasteiger partial charge < -0.3 is 0 Å². The third-order valence-corrected chi connectivity index (χ3v) is 7.46. The number of fused-ring (bicyclic) bond motifs is 1. The Kier molecular flexibility index (Phi) is 2.20. The molecule has 0 aromatic heterocycles.